The van der Waals surface area contributed by atoms with Gasteiger partial charge in [0.2, 0.25) is 0 Å². The predicted molar refractivity (Wildman–Crippen MR) is 58.0 cm³/mol. The zero-order chi connectivity index (χ0) is 10.4. The summed E-state index contributed by atoms with van der Waals surface area (Å²) in [7, 11) is 0. The van der Waals surface area contributed by atoms with Gasteiger partial charge in [0.05, 0.1) is 0 Å². The van der Waals surface area contributed by atoms with E-state index < -0.39 is 5.72 Å². The van der Waals surface area contributed by atoms with Crippen LogP contribution in [0, 0.1) is 0 Å². The molecule has 0 heterocycles. The fraction of sp³-hybridized carbons (Fsp3) is 0.455. The molecule has 1 unspecified atom stereocenters. The molecule has 0 radical (unpaired) electrons. The maximum absolute atomic E-state index is 5.96. The number of ether oxygens (including phenoxy) is 1. The number of nitrogens with two attached hydrogens (primary N) is 2. The van der Waals surface area contributed by atoms with Gasteiger partial charge in [-0.2, -0.15) is 0 Å². The van der Waals surface area contributed by atoms with E-state index in [4.69, 9.17) is 16.2 Å². The molecule has 3 nitrogen and oxygen atoms in total. The summed E-state index contributed by atoms with van der Waals surface area (Å²) in [4.78, 5) is 0. The minimum Gasteiger partial charge on any atom is -0.473 e. The third-order valence-electron chi connectivity index (χ3n) is 1.97. The predicted octanol–water partition coefficient (Wildman–Crippen LogP) is 1.48. The third kappa shape index (κ3) is 3.77. The van der Waals surface area contributed by atoms with Gasteiger partial charge in [-0.15, -0.1) is 0 Å². The van der Waals surface area contributed by atoms with Crippen molar-refractivity contribution in [1.82, 2.24) is 0 Å². The van der Waals surface area contributed by atoms with E-state index in [0.717, 1.165) is 18.6 Å². The van der Waals surface area contributed by atoms with Crippen LogP contribution >= 0.6 is 0 Å². The second kappa shape index (κ2) is 4.98. The van der Waals surface area contributed by atoms with Gasteiger partial charge in [-0.25, -0.2) is 0 Å². The van der Waals surface area contributed by atoms with Crippen LogP contribution in [0.2, 0.25) is 0 Å². The van der Waals surface area contributed by atoms with E-state index in [1.54, 1.807) is 0 Å². The first-order chi connectivity index (χ1) is 6.64. The van der Waals surface area contributed by atoms with Crippen molar-refractivity contribution in [3.05, 3.63) is 30.3 Å². The Kier molecular flexibility index (Phi) is 3.92. The van der Waals surface area contributed by atoms with Gasteiger partial charge in [-0.3, -0.25) is 5.73 Å². The van der Waals surface area contributed by atoms with E-state index in [0.29, 0.717) is 6.54 Å². The van der Waals surface area contributed by atoms with E-state index in [-0.39, 0.29) is 0 Å². The van der Waals surface area contributed by atoms with Crippen molar-refractivity contribution in [2.75, 3.05) is 6.54 Å². The molecule has 1 aromatic carbocycles. The van der Waals surface area contributed by atoms with E-state index in [2.05, 4.69) is 0 Å². The van der Waals surface area contributed by atoms with Crippen molar-refractivity contribution in [2.24, 2.45) is 11.5 Å². The molecule has 4 N–H and O–H groups in total. The second-order valence-electron chi connectivity index (χ2n) is 3.62. The zero-order valence-corrected chi connectivity index (χ0v) is 8.57. The highest BCUT2D eigenvalue weighted by molar-refractivity contribution is 5.21. The van der Waals surface area contributed by atoms with Crippen LogP contribution in [0.4, 0.5) is 0 Å². The molecule has 1 atom stereocenters. The van der Waals surface area contributed by atoms with E-state index in [1.807, 2.05) is 37.3 Å². The third-order valence-corrected chi connectivity index (χ3v) is 1.97. The fourth-order valence-corrected chi connectivity index (χ4v) is 1.26. The Balaban J connectivity index is 2.50. The summed E-state index contributed by atoms with van der Waals surface area (Å²) in [6, 6.07) is 9.59. The molecular formula is C11H18N2O. The summed E-state index contributed by atoms with van der Waals surface area (Å²) in [6.07, 6.45) is 1.64. The first-order valence-corrected chi connectivity index (χ1v) is 4.87. The molecule has 0 fully saturated rings. The molecular weight excluding hydrogens is 176 g/mol. The number of rotatable bonds is 5. The van der Waals surface area contributed by atoms with Crippen LogP contribution in [0.25, 0.3) is 0 Å². The fourth-order valence-electron chi connectivity index (χ4n) is 1.26. The van der Waals surface area contributed by atoms with E-state index >= 15 is 0 Å². The quantitative estimate of drug-likeness (QED) is 0.698. The van der Waals surface area contributed by atoms with Gasteiger partial charge in [0.1, 0.15) is 5.75 Å². The second-order valence-corrected chi connectivity index (χ2v) is 3.62. The molecule has 78 valence electrons. The molecule has 0 amide bonds. The van der Waals surface area contributed by atoms with Crippen LogP contribution in [0.5, 0.6) is 5.75 Å². The Bertz CT molecular complexity index is 259. The summed E-state index contributed by atoms with van der Waals surface area (Å²) in [5, 5.41) is 0. The topological polar surface area (TPSA) is 61.3 Å². The van der Waals surface area contributed by atoms with Gasteiger partial charge in [0.15, 0.2) is 5.72 Å². The van der Waals surface area contributed by atoms with Crippen molar-refractivity contribution in [3.63, 3.8) is 0 Å². The van der Waals surface area contributed by atoms with E-state index in [9.17, 15) is 0 Å². The minimum atomic E-state index is -0.624. The molecule has 1 aromatic rings. The normalized spacial score (nSPS) is 14.8. The van der Waals surface area contributed by atoms with Crippen LogP contribution in [-0.4, -0.2) is 12.3 Å². The van der Waals surface area contributed by atoms with Gasteiger partial charge in [-0.1, -0.05) is 18.2 Å². The van der Waals surface area contributed by atoms with Crippen molar-refractivity contribution >= 4 is 0 Å². The SMILES string of the molecule is CC(N)(CCCN)Oc1ccccc1. The highest BCUT2D eigenvalue weighted by atomic mass is 16.5. The molecule has 0 saturated heterocycles. The summed E-state index contributed by atoms with van der Waals surface area (Å²) >= 11 is 0. The lowest BCUT2D eigenvalue weighted by Crippen LogP contribution is -2.42. The standard InChI is InChI=1S/C11H18N2O/c1-11(13,8-5-9-12)14-10-6-3-2-4-7-10/h2-4,6-7H,5,8-9,12-13H2,1H3. The highest BCUT2D eigenvalue weighted by Gasteiger charge is 2.19. The first-order valence-electron chi connectivity index (χ1n) is 4.87. The van der Waals surface area contributed by atoms with Crippen molar-refractivity contribution in [2.45, 2.75) is 25.5 Å². The molecule has 0 aliphatic carbocycles. The number of para-hydroxylation sites is 1. The molecule has 0 spiro atoms. The number of hydrogen-bond donors (Lipinski definition) is 2. The Morgan fingerprint density at radius 3 is 2.50 bits per heavy atom. The van der Waals surface area contributed by atoms with Crippen LogP contribution in [0.1, 0.15) is 19.8 Å². The van der Waals surface area contributed by atoms with Gasteiger partial charge < -0.3 is 10.5 Å². The molecule has 14 heavy (non-hydrogen) atoms. The Morgan fingerprint density at radius 1 is 1.29 bits per heavy atom. The average molecular weight is 194 g/mol. The van der Waals surface area contributed by atoms with E-state index in [1.165, 1.54) is 0 Å². The molecule has 0 bridgehead atoms. The van der Waals surface area contributed by atoms with Crippen molar-refractivity contribution in [1.29, 1.82) is 0 Å². The molecule has 0 aliphatic heterocycles. The highest BCUT2D eigenvalue weighted by Crippen LogP contribution is 2.17. The van der Waals surface area contributed by atoms with Gasteiger partial charge in [0, 0.05) is 6.42 Å². The summed E-state index contributed by atoms with van der Waals surface area (Å²) in [5.74, 6) is 0.800. The lowest BCUT2D eigenvalue weighted by molar-refractivity contribution is 0.0846. The molecule has 1 rings (SSSR count). The maximum Gasteiger partial charge on any atom is 0.155 e. The molecule has 3 heteroatoms. The monoisotopic (exact) mass is 194 g/mol. The Labute approximate surface area is 85.0 Å². The molecule has 0 aromatic heterocycles. The smallest absolute Gasteiger partial charge is 0.155 e. The van der Waals surface area contributed by atoms with Gasteiger partial charge >= 0.3 is 0 Å². The number of benzene rings is 1. The summed E-state index contributed by atoms with van der Waals surface area (Å²) in [6.45, 7) is 2.51. The van der Waals surface area contributed by atoms with Crippen molar-refractivity contribution < 1.29 is 4.74 Å². The zero-order valence-electron chi connectivity index (χ0n) is 8.57. The maximum atomic E-state index is 5.96. The average Bonchev–Trinajstić information content (AvgIpc) is 2.16. The molecule has 0 saturated carbocycles. The molecule has 0 aliphatic rings. The number of hydrogen-bond acceptors (Lipinski definition) is 3. The first kappa shape index (κ1) is 11.0. The lowest BCUT2D eigenvalue weighted by atomic mass is 10.1. The summed E-state index contributed by atoms with van der Waals surface area (Å²) < 4.78 is 5.63. The van der Waals surface area contributed by atoms with Crippen LogP contribution < -0.4 is 16.2 Å². The Morgan fingerprint density at radius 2 is 1.93 bits per heavy atom. The van der Waals surface area contributed by atoms with Crippen LogP contribution in [-0.2, 0) is 0 Å². The van der Waals surface area contributed by atoms with Gasteiger partial charge in [-0.05, 0) is 32.0 Å². The minimum absolute atomic E-state index is 0.624. The van der Waals surface area contributed by atoms with Gasteiger partial charge in [0.25, 0.3) is 0 Å². The van der Waals surface area contributed by atoms with Crippen LogP contribution in [0.15, 0.2) is 30.3 Å². The Hall–Kier alpha value is -1.06. The van der Waals surface area contributed by atoms with Crippen molar-refractivity contribution in [3.8, 4) is 5.75 Å². The summed E-state index contributed by atoms with van der Waals surface area (Å²) in [5.41, 5.74) is 10.8. The lowest BCUT2D eigenvalue weighted by Gasteiger charge is -2.26. The largest absolute Gasteiger partial charge is 0.473 e. The van der Waals surface area contributed by atoms with Crippen LogP contribution in [0.3, 0.4) is 0 Å².